The average molecular weight is 286 g/mol. The molecule has 0 aliphatic heterocycles. The third-order valence-electron chi connectivity index (χ3n) is 3.83. The average Bonchev–Trinajstić information content (AvgIpc) is 2.87. The van der Waals surface area contributed by atoms with Gasteiger partial charge in [0.15, 0.2) is 5.82 Å². The highest BCUT2D eigenvalue weighted by atomic mass is 15.3. The Labute approximate surface area is 128 Å². The van der Waals surface area contributed by atoms with Crippen molar-refractivity contribution in [3.05, 3.63) is 24.4 Å². The monoisotopic (exact) mass is 286 g/mol. The van der Waals surface area contributed by atoms with Crippen LogP contribution in [0.5, 0.6) is 0 Å². The van der Waals surface area contributed by atoms with Crippen molar-refractivity contribution in [3.8, 4) is 6.07 Å². The van der Waals surface area contributed by atoms with E-state index in [4.69, 9.17) is 5.26 Å². The quantitative estimate of drug-likeness (QED) is 0.773. The molecule has 2 rings (SSSR count). The van der Waals surface area contributed by atoms with Crippen molar-refractivity contribution < 1.29 is 0 Å². The van der Waals surface area contributed by atoms with E-state index in [9.17, 15) is 0 Å². The molecule has 0 saturated heterocycles. The number of nitriles is 1. The number of aromatic nitrogens is 2. The third kappa shape index (κ3) is 4.29. The number of nitrogens with zero attached hydrogens (tertiary/aromatic N) is 4. The molecule has 21 heavy (non-hydrogen) atoms. The summed E-state index contributed by atoms with van der Waals surface area (Å²) in [4.78, 5) is 4.64. The molecular weight excluding hydrogens is 260 g/mol. The van der Waals surface area contributed by atoms with Crippen LogP contribution in [-0.2, 0) is 7.05 Å². The maximum atomic E-state index is 9.07. The Balaban J connectivity index is 0.00000106. The number of hydrogen-bond acceptors (Lipinski definition) is 3. The maximum absolute atomic E-state index is 9.07. The third-order valence-corrected chi connectivity index (χ3v) is 3.83. The summed E-state index contributed by atoms with van der Waals surface area (Å²) in [6.07, 6.45) is 8.25. The molecule has 0 N–H and O–H groups in total. The predicted molar refractivity (Wildman–Crippen MR) is 87.7 cm³/mol. The van der Waals surface area contributed by atoms with Gasteiger partial charge < -0.3 is 0 Å². The number of rotatable bonds is 3. The zero-order chi connectivity index (χ0) is 15.8. The van der Waals surface area contributed by atoms with Gasteiger partial charge in [0.25, 0.3) is 0 Å². The molecule has 1 heterocycles. The van der Waals surface area contributed by atoms with E-state index in [-0.39, 0.29) is 0 Å². The van der Waals surface area contributed by atoms with Crippen molar-refractivity contribution in [2.24, 2.45) is 23.9 Å². The van der Waals surface area contributed by atoms with Gasteiger partial charge in [0, 0.05) is 18.7 Å². The maximum Gasteiger partial charge on any atom is 0.168 e. The van der Waals surface area contributed by atoms with Gasteiger partial charge in [-0.2, -0.15) is 10.4 Å². The van der Waals surface area contributed by atoms with Crippen LogP contribution in [-0.4, -0.2) is 15.5 Å². The second-order valence-corrected chi connectivity index (χ2v) is 5.33. The number of aliphatic imine (C=N–C) groups is 1. The first-order chi connectivity index (χ1) is 10.2. The molecule has 1 aromatic heterocycles. The van der Waals surface area contributed by atoms with Crippen LogP contribution >= 0.6 is 0 Å². The van der Waals surface area contributed by atoms with Crippen LogP contribution in [0.3, 0.4) is 0 Å². The van der Waals surface area contributed by atoms with E-state index in [0.29, 0.717) is 17.3 Å². The lowest BCUT2D eigenvalue weighted by Gasteiger charge is -2.26. The summed E-state index contributed by atoms with van der Waals surface area (Å²) in [6, 6.07) is 2.13. The molecular formula is C17H26N4. The molecule has 0 radical (unpaired) electrons. The van der Waals surface area contributed by atoms with Crippen LogP contribution in [0.25, 0.3) is 0 Å². The van der Waals surface area contributed by atoms with E-state index < -0.39 is 0 Å². The molecule has 1 saturated carbocycles. The number of allylic oxidation sites excluding steroid dienone is 1. The number of hydrogen-bond donors (Lipinski definition) is 0. The van der Waals surface area contributed by atoms with Crippen molar-refractivity contribution >= 4 is 11.5 Å². The highest BCUT2D eigenvalue weighted by Gasteiger charge is 2.22. The molecule has 4 nitrogen and oxygen atoms in total. The van der Waals surface area contributed by atoms with Gasteiger partial charge >= 0.3 is 0 Å². The Hall–Kier alpha value is -1.89. The lowest BCUT2D eigenvalue weighted by atomic mass is 9.80. The SMILES string of the molecule is C=C/C(=N\c1c(C#N)cnn1C)C1CCCC(C)C1.CC. The van der Waals surface area contributed by atoms with Crippen LogP contribution in [0.2, 0.25) is 0 Å². The fourth-order valence-corrected chi connectivity index (χ4v) is 2.77. The van der Waals surface area contributed by atoms with Gasteiger partial charge in [-0.25, -0.2) is 9.67 Å². The Morgan fingerprint density at radius 1 is 1.52 bits per heavy atom. The first kappa shape index (κ1) is 17.2. The highest BCUT2D eigenvalue weighted by Crippen LogP contribution is 2.31. The van der Waals surface area contributed by atoms with Gasteiger partial charge in [-0.1, -0.05) is 40.2 Å². The van der Waals surface area contributed by atoms with Gasteiger partial charge in [0.05, 0.1) is 6.20 Å². The van der Waals surface area contributed by atoms with Gasteiger partial charge in [-0.15, -0.1) is 0 Å². The minimum absolute atomic E-state index is 0.461. The predicted octanol–water partition coefficient (Wildman–Crippen LogP) is 4.40. The Morgan fingerprint density at radius 3 is 2.81 bits per heavy atom. The summed E-state index contributed by atoms with van der Waals surface area (Å²) in [5.74, 6) is 1.84. The van der Waals surface area contributed by atoms with E-state index in [1.54, 1.807) is 10.9 Å². The van der Waals surface area contributed by atoms with Crippen molar-refractivity contribution in [2.45, 2.75) is 46.5 Å². The topological polar surface area (TPSA) is 54.0 Å². The Bertz CT molecular complexity index is 533. The van der Waals surface area contributed by atoms with Gasteiger partial charge in [0.2, 0.25) is 0 Å². The molecule has 1 aliphatic rings. The lowest BCUT2D eigenvalue weighted by Crippen LogP contribution is -2.20. The second-order valence-electron chi connectivity index (χ2n) is 5.33. The Kier molecular flexibility index (Phi) is 6.87. The normalized spacial score (nSPS) is 22.0. The smallest absolute Gasteiger partial charge is 0.168 e. The van der Waals surface area contributed by atoms with Crippen LogP contribution < -0.4 is 0 Å². The van der Waals surface area contributed by atoms with Gasteiger partial charge in [0.1, 0.15) is 11.6 Å². The summed E-state index contributed by atoms with van der Waals surface area (Å²) < 4.78 is 1.65. The zero-order valence-corrected chi connectivity index (χ0v) is 13.6. The van der Waals surface area contributed by atoms with Gasteiger partial charge in [-0.05, 0) is 24.8 Å². The second kappa shape index (κ2) is 8.41. The molecule has 0 amide bonds. The molecule has 0 bridgehead atoms. The van der Waals surface area contributed by atoms with Crippen molar-refractivity contribution in [2.75, 3.05) is 0 Å². The zero-order valence-electron chi connectivity index (χ0n) is 13.6. The van der Waals surface area contributed by atoms with Crippen molar-refractivity contribution in [3.63, 3.8) is 0 Å². The first-order valence-corrected chi connectivity index (χ1v) is 7.78. The molecule has 1 aliphatic carbocycles. The van der Waals surface area contributed by atoms with E-state index >= 15 is 0 Å². The van der Waals surface area contributed by atoms with Crippen molar-refractivity contribution in [1.29, 1.82) is 5.26 Å². The van der Waals surface area contributed by atoms with Gasteiger partial charge in [-0.3, -0.25) is 0 Å². The van der Waals surface area contributed by atoms with Crippen molar-refractivity contribution in [1.82, 2.24) is 9.78 Å². The molecule has 1 aromatic rings. The summed E-state index contributed by atoms with van der Waals surface area (Å²) in [5.41, 5.74) is 1.51. The van der Waals surface area contributed by atoms with E-state index in [1.807, 2.05) is 27.0 Å². The molecule has 0 spiro atoms. The minimum atomic E-state index is 0.461. The molecule has 4 heteroatoms. The summed E-state index contributed by atoms with van der Waals surface area (Å²) in [5, 5.41) is 13.2. The van der Waals surface area contributed by atoms with Crippen LogP contribution in [0.15, 0.2) is 23.8 Å². The van der Waals surface area contributed by atoms with E-state index in [0.717, 1.165) is 24.5 Å². The van der Waals surface area contributed by atoms with E-state index in [2.05, 4.69) is 29.7 Å². The molecule has 114 valence electrons. The summed E-state index contributed by atoms with van der Waals surface area (Å²) in [6.45, 7) is 10.2. The minimum Gasteiger partial charge on any atom is -0.250 e. The molecule has 2 atom stereocenters. The molecule has 0 aromatic carbocycles. The summed E-state index contributed by atoms with van der Waals surface area (Å²) in [7, 11) is 1.81. The fraction of sp³-hybridized carbons (Fsp3) is 0.588. The lowest BCUT2D eigenvalue weighted by molar-refractivity contribution is 0.340. The molecule has 1 fully saturated rings. The number of aryl methyl sites for hydroxylation is 1. The van der Waals surface area contributed by atoms with Crippen LogP contribution in [0, 0.1) is 23.2 Å². The molecule has 2 unspecified atom stereocenters. The first-order valence-electron chi connectivity index (χ1n) is 7.78. The van der Waals surface area contributed by atoms with Crippen LogP contribution in [0.1, 0.15) is 52.0 Å². The van der Waals surface area contributed by atoms with E-state index in [1.165, 1.54) is 12.8 Å². The standard InChI is InChI=1S/C15H20N4.C2H6/c1-4-14(12-7-5-6-11(2)8-12)18-15-13(9-16)10-17-19(15)3;1-2/h4,10-12H,1,5-8H2,2-3H3;1-2H3/b18-14+;. The Morgan fingerprint density at radius 2 is 2.24 bits per heavy atom. The highest BCUT2D eigenvalue weighted by molar-refractivity contribution is 5.98. The fourth-order valence-electron chi connectivity index (χ4n) is 2.77. The van der Waals surface area contributed by atoms with Crippen LogP contribution in [0.4, 0.5) is 5.82 Å². The largest absolute Gasteiger partial charge is 0.250 e. The summed E-state index contributed by atoms with van der Waals surface area (Å²) >= 11 is 0.